The molecule has 1 amide bonds. The van der Waals surface area contributed by atoms with Gasteiger partial charge in [-0.3, -0.25) is 9.59 Å². The summed E-state index contributed by atoms with van der Waals surface area (Å²) in [6.45, 7) is 6.01. The molecule has 0 aliphatic carbocycles. The van der Waals surface area contributed by atoms with Crippen molar-refractivity contribution in [3.8, 4) is 17.0 Å². The highest BCUT2D eigenvalue weighted by Gasteiger charge is 2.18. The molecule has 0 aliphatic rings. The molecule has 0 saturated carbocycles. The summed E-state index contributed by atoms with van der Waals surface area (Å²) in [5, 5.41) is 7.72. The molecule has 0 bridgehead atoms. The van der Waals surface area contributed by atoms with E-state index in [1.165, 1.54) is 10.7 Å². The van der Waals surface area contributed by atoms with Crippen molar-refractivity contribution in [2.75, 3.05) is 11.9 Å². The lowest BCUT2D eigenvalue weighted by Gasteiger charge is -2.15. The van der Waals surface area contributed by atoms with Crippen LogP contribution in [-0.2, 0) is 4.79 Å². The van der Waals surface area contributed by atoms with Crippen LogP contribution < -0.4 is 15.6 Å². The van der Waals surface area contributed by atoms with Crippen LogP contribution in [0.1, 0.15) is 25.5 Å². The Morgan fingerprint density at radius 1 is 1.17 bits per heavy atom. The van der Waals surface area contributed by atoms with Crippen LogP contribution in [0.15, 0.2) is 59.4 Å². The minimum Gasteiger partial charge on any atom is -0.494 e. The quantitative estimate of drug-likeness (QED) is 0.649. The first-order valence-corrected chi connectivity index (χ1v) is 9.67. The Labute approximate surface area is 174 Å². The predicted octanol–water partition coefficient (Wildman–Crippen LogP) is 4.47. The number of amides is 1. The van der Waals surface area contributed by atoms with E-state index < -0.39 is 6.04 Å². The van der Waals surface area contributed by atoms with Gasteiger partial charge in [0, 0.05) is 22.3 Å². The molecule has 1 unspecified atom stereocenters. The van der Waals surface area contributed by atoms with Gasteiger partial charge in [-0.15, -0.1) is 0 Å². The van der Waals surface area contributed by atoms with Crippen LogP contribution in [0.25, 0.3) is 11.3 Å². The molecule has 1 N–H and O–H groups in total. The maximum Gasteiger partial charge on any atom is 0.267 e. The number of rotatable bonds is 6. The van der Waals surface area contributed by atoms with E-state index in [-0.39, 0.29) is 11.5 Å². The number of nitrogens with zero attached hydrogens (tertiary/aromatic N) is 2. The van der Waals surface area contributed by atoms with Crippen molar-refractivity contribution in [3.63, 3.8) is 0 Å². The molecule has 1 atom stereocenters. The third-order valence-electron chi connectivity index (χ3n) is 4.47. The molecule has 0 fully saturated rings. The number of aromatic nitrogens is 2. The van der Waals surface area contributed by atoms with Crippen LogP contribution in [0.2, 0.25) is 5.02 Å². The molecule has 29 heavy (non-hydrogen) atoms. The number of nitrogens with one attached hydrogen (secondary N) is 1. The maximum absolute atomic E-state index is 12.7. The third-order valence-corrected chi connectivity index (χ3v) is 4.88. The van der Waals surface area contributed by atoms with E-state index in [4.69, 9.17) is 16.3 Å². The number of anilines is 1. The van der Waals surface area contributed by atoms with Gasteiger partial charge in [0.25, 0.3) is 5.56 Å². The number of halogens is 1. The largest absolute Gasteiger partial charge is 0.494 e. The van der Waals surface area contributed by atoms with Gasteiger partial charge in [0.15, 0.2) is 0 Å². The fourth-order valence-electron chi connectivity index (χ4n) is 2.77. The first kappa shape index (κ1) is 20.6. The van der Waals surface area contributed by atoms with Crippen LogP contribution in [0, 0.1) is 6.92 Å². The summed E-state index contributed by atoms with van der Waals surface area (Å²) in [7, 11) is 0. The molecule has 1 heterocycles. The van der Waals surface area contributed by atoms with Crippen LogP contribution >= 0.6 is 11.6 Å². The molecule has 3 aromatic rings. The molecule has 2 aromatic carbocycles. The van der Waals surface area contributed by atoms with E-state index in [1.54, 1.807) is 25.1 Å². The maximum atomic E-state index is 12.7. The smallest absolute Gasteiger partial charge is 0.267 e. The Bertz CT molecular complexity index is 1080. The highest BCUT2D eigenvalue weighted by Crippen LogP contribution is 2.22. The molecule has 0 radical (unpaired) electrons. The summed E-state index contributed by atoms with van der Waals surface area (Å²) in [6.07, 6.45) is 0. The zero-order valence-corrected chi connectivity index (χ0v) is 17.2. The van der Waals surface area contributed by atoms with Gasteiger partial charge in [0.2, 0.25) is 5.91 Å². The Kier molecular flexibility index (Phi) is 6.34. The lowest BCUT2D eigenvalue weighted by atomic mass is 10.1. The molecule has 0 saturated heterocycles. The zero-order chi connectivity index (χ0) is 21.0. The lowest BCUT2D eigenvalue weighted by molar-refractivity contribution is -0.119. The van der Waals surface area contributed by atoms with E-state index in [0.717, 1.165) is 16.9 Å². The Hall–Kier alpha value is -3.12. The van der Waals surface area contributed by atoms with Gasteiger partial charge in [-0.25, -0.2) is 4.68 Å². The lowest BCUT2D eigenvalue weighted by Crippen LogP contribution is -2.33. The van der Waals surface area contributed by atoms with Crippen LogP contribution in [0.3, 0.4) is 0 Å². The highest BCUT2D eigenvalue weighted by molar-refractivity contribution is 6.31. The standard InChI is InChI=1S/C22H22ClN3O3/c1-4-29-18-9-6-16(7-10-18)20-11-12-21(27)26(25-20)15(3)22(28)24-17-8-5-14(2)19(23)13-17/h5-13,15H,4H2,1-3H3,(H,24,28). The second-order valence-electron chi connectivity index (χ2n) is 6.59. The first-order chi connectivity index (χ1) is 13.9. The van der Waals surface area contributed by atoms with E-state index >= 15 is 0 Å². The monoisotopic (exact) mass is 411 g/mol. The molecule has 0 spiro atoms. The van der Waals surface area contributed by atoms with Gasteiger partial charge in [-0.1, -0.05) is 17.7 Å². The topological polar surface area (TPSA) is 73.2 Å². The first-order valence-electron chi connectivity index (χ1n) is 9.29. The average molecular weight is 412 g/mol. The molecule has 6 nitrogen and oxygen atoms in total. The summed E-state index contributed by atoms with van der Waals surface area (Å²) >= 11 is 6.11. The van der Waals surface area contributed by atoms with E-state index in [0.29, 0.717) is 23.0 Å². The van der Waals surface area contributed by atoms with Gasteiger partial charge >= 0.3 is 0 Å². The van der Waals surface area contributed by atoms with Gasteiger partial charge in [0.05, 0.1) is 12.3 Å². The number of ether oxygens (including phenoxy) is 1. The Morgan fingerprint density at radius 2 is 1.90 bits per heavy atom. The summed E-state index contributed by atoms with van der Waals surface area (Å²) in [5.74, 6) is 0.400. The summed E-state index contributed by atoms with van der Waals surface area (Å²) in [6, 6.07) is 14.9. The molecule has 0 aliphatic heterocycles. The number of hydrogen-bond acceptors (Lipinski definition) is 4. The Morgan fingerprint density at radius 3 is 2.55 bits per heavy atom. The molecule has 150 valence electrons. The van der Waals surface area contributed by atoms with Crippen molar-refractivity contribution in [2.24, 2.45) is 0 Å². The second-order valence-corrected chi connectivity index (χ2v) is 7.00. The van der Waals surface area contributed by atoms with E-state index in [1.807, 2.05) is 44.2 Å². The van der Waals surface area contributed by atoms with Crippen molar-refractivity contribution in [2.45, 2.75) is 26.8 Å². The van der Waals surface area contributed by atoms with Gasteiger partial charge in [-0.2, -0.15) is 5.10 Å². The van der Waals surface area contributed by atoms with Crippen molar-refractivity contribution < 1.29 is 9.53 Å². The number of hydrogen-bond donors (Lipinski definition) is 1. The fourth-order valence-corrected chi connectivity index (χ4v) is 2.95. The summed E-state index contributed by atoms with van der Waals surface area (Å²) < 4.78 is 6.62. The average Bonchev–Trinajstić information content (AvgIpc) is 2.71. The molecular weight excluding hydrogens is 390 g/mol. The Balaban J connectivity index is 1.83. The third kappa shape index (κ3) is 4.84. The van der Waals surface area contributed by atoms with Crippen LogP contribution in [-0.4, -0.2) is 22.3 Å². The van der Waals surface area contributed by atoms with Crippen molar-refractivity contribution >= 4 is 23.2 Å². The van der Waals surface area contributed by atoms with Crippen molar-refractivity contribution in [1.82, 2.24) is 9.78 Å². The predicted molar refractivity (Wildman–Crippen MR) is 115 cm³/mol. The summed E-state index contributed by atoms with van der Waals surface area (Å²) in [4.78, 5) is 25.0. The highest BCUT2D eigenvalue weighted by atomic mass is 35.5. The minimum atomic E-state index is -0.801. The number of benzene rings is 2. The van der Waals surface area contributed by atoms with E-state index in [2.05, 4.69) is 10.4 Å². The van der Waals surface area contributed by atoms with Gasteiger partial charge < -0.3 is 10.1 Å². The molecule has 1 aromatic heterocycles. The molecular formula is C22H22ClN3O3. The number of carbonyl (C=O) groups is 1. The molecule has 7 heteroatoms. The van der Waals surface area contributed by atoms with E-state index in [9.17, 15) is 9.59 Å². The van der Waals surface area contributed by atoms with Crippen LogP contribution in [0.4, 0.5) is 5.69 Å². The number of aryl methyl sites for hydroxylation is 1. The minimum absolute atomic E-state index is 0.357. The van der Waals surface area contributed by atoms with Gasteiger partial charge in [-0.05, 0) is 68.8 Å². The molecule has 3 rings (SSSR count). The van der Waals surface area contributed by atoms with Crippen molar-refractivity contribution in [3.05, 3.63) is 75.5 Å². The zero-order valence-electron chi connectivity index (χ0n) is 16.5. The van der Waals surface area contributed by atoms with Crippen LogP contribution in [0.5, 0.6) is 5.75 Å². The van der Waals surface area contributed by atoms with Crippen molar-refractivity contribution in [1.29, 1.82) is 0 Å². The summed E-state index contributed by atoms with van der Waals surface area (Å²) in [5.41, 5.74) is 2.53. The number of carbonyl (C=O) groups excluding carboxylic acids is 1. The second kappa shape index (κ2) is 8.92. The normalized spacial score (nSPS) is 11.7. The fraction of sp³-hybridized carbons (Fsp3) is 0.227. The van der Waals surface area contributed by atoms with Gasteiger partial charge in [0.1, 0.15) is 11.8 Å². The SMILES string of the molecule is CCOc1ccc(-c2ccc(=O)n(C(C)C(=O)Nc3ccc(C)c(Cl)c3)n2)cc1.